The Morgan fingerprint density at radius 1 is 1.35 bits per heavy atom. The van der Waals surface area contributed by atoms with Crippen molar-refractivity contribution in [2.45, 2.75) is 0 Å². The van der Waals surface area contributed by atoms with E-state index in [0.717, 1.165) is 5.69 Å². The third-order valence-corrected chi connectivity index (χ3v) is 2.20. The summed E-state index contributed by atoms with van der Waals surface area (Å²) in [6, 6.07) is 8.71. The van der Waals surface area contributed by atoms with Crippen LogP contribution in [0.2, 0.25) is 0 Å². The third-order valence-electron chi connectivity index (χ3n) is 2.20. The fraction of sp³-hybridized carbons (Fsp3) is 0.167. The molecule has 0 saturated heterocycles. The molecule has 0 bridgehead atoms. The highest BCUT2D eigenvalue weighted by Gasteiger charge is 2.06. The van der Waals surface area contributed by atoms with E-state index in [1.165, 1.54) is 0 Å². The van der Waals surface area contributed by atoms with Gasteiger partial charge in [-0.2, -0.15) is 5.10 Å². The zero-order valence-electron chi connectivity index (χ0n) is 9.11. The number of nitrogens with zero attached hydrogens (tertiary/aromatic N) is 2. The Hall–Kier alpha value is -2.14. The number of hydrogen-bond acceptors (Lipinski definition) is 4. The Kier molecular flexibility index (Phi) is 3.52. The zero-order valence-corrected chi connectivity index (χ0v) is 9.11. The minimum atomic E-state index is -0.439. The average molecular weight is 232 g/mol. The predicted octanol–water partition coefficient (Wildman–Crippen LogP) is 1.02. The molecule has 0 amide bonds. The SMILES string of the molecule is O=C(OCCO)c1ccc(-n2cccn2)cc1. The maximum absolute atomic E-state index is 11.4. The quantitative estimate of drug-likeness (QED) is 0.799. The van der Waals surface area contributed by atoms with Gasteiger partial charge in [-0.25, -0.2) is 9.48 Å². The Bertz CT molecular complexity index is 477. The van der Waals surface area contributed by atoms with Gasteiger partial charge in [-0.3, -0.25) is 0 Å². The molecular weight excluding hydrogens is 220 g/mol. The summed E-state index contributed by atoms with van der Waals surface area (Å²) in [5.74, 6) is -0.439. The lowest BCUT2D eigenvalue weighted by atomic mass is 10.2. The van der Waals surface area contributed by atoms with Crippen LogP contribution >= 0.6 is 0 Å². The van der Waals surface area contributed by atoms with Gasteiger partial charge < -0.3 is 9.84 Å². The Balaban J connectivity index is 2.10. The number of esters is 1. The highest BCUT2D eigenvalue weighted by molar-refractivity contribution is 5.89. The molecule has 88 valence electrons. The zero-order chi connectivity index (χ0) is 12.1. The Morgan fingerprint density at radius 2 is 2.12 bits per heavy atom. The van der Waals surface area contributed by atoms with Crippen LogP contribution in [-0.2, 0) is 4.74 Å². The van der Waals surface area contributed by atoms with Crippen molar-refractivity contribution in [3.63, 3.8) is 0 Å². The van der Waals surface area contributed by atoms with Crippen LogP contribution in [0.25, 0.3) is 5.69 Å². The van der Waals surface area contributed by atoms with Crippen molar-refractivity contribution < 1.29 is 14.6 Å². The van der Waals surface area contributed by atoms with Crippen molar-refractivity contribution in [1.29, 1.82) is 0 Å². The van der Waals surface area contributed by atoms with Crippen LogP contribution in [0.15, 0.2) is 42.7 Å². The summed E-state index contributed by atoms with van der Waals surface area (Å²) in [4.78, 5) is 11.4. The second-order valence-electron chi connectivity index (χ2n) is 3.36. The van der Waals surface area contributed by atoms with E-state index in [9.17, 15) is 4.79 Å². The first kappa shape index (κ1) is 11.3. The van der Waals surface area contributed by atoms with Gasteiger partial charge in [0.2, 0.25) is 0 Å². The molecule has 5 nitrogen and oxygen atoms in total. The van der Waals surface area contributed by atoms with E-state index in [1.807, 2.05) is 12.3 Å². The minimum Gasteiger partial charge on any atom is -0.460 e. The van der Waals surface area contributed by atoms with Crippen LogP contribution in [0, 0.1) is 0 Å². The minimum absolute atomic E-state index is 0.0136. The maximum atomic E-state index is 11.4. The van der Waals surface area contributed by atoms with Crippen molar-refractivity contribution in [3.8, 4) is 5.69 Å². The van der Waals surface area contributed by atoms with Crippen LogP contribution < -0.4 is 0 Å². The third kappa shape index (κ3) is 2.70. The smallest absolute Gasteiger partial charge is 0.338 e. The molecule has 0 aliphatic rings. The molecule has 0 aliphatic heterocycles. The molecular formula is C12H12N2O3. The second-order valence-corrected chi connectivity index (χ2v) is 3.36. The molecule has 0 spiro atoms. The number of aliphatic hydroxyl groups excluding tert-OH is 1. The van der Waals surface area contributed by atoms with Gasteiger partial charge in [0.1, 0.15) is 6.61 Å². The summed E-state index contributed by atoms with van der Waals surface area (Å²) in [6.45, 7) is -0.156. The number of aliphatic hydroxyl groups is 1. The van der Waals surface area contributed by atoms with Crippen LogP contribution in [0.1, 0.15) is 10.4 Å². The fourth-order valence-corrected chi connectivity index (χ4v) is 1.39. The molecule has 5 heteroatoms. The molecule has 0 fully saturated rings. The summed E-state index contributed by atoms with van der Waals surface area (Å²) < 4.78 is 6.49. The summed E-state index contributed by atoms with van der Waals surface area (Å²) >= 11 is 0. The first-order valence-corrected chi connectivity index (χ1v) is 5.19. The number of rotatable bonds is 4. The van der Waals surface area contributed by atoms with E-state index >= 15 is 0 Å². The van der Waals surface area contributed by atoms with Crippen molar-refractivity contribution in [2.75, 3.05) is 13.2 Å². The molecule has 17 heavy (non-hydrogen) atoms. The van der Waals surface area contributed by atoms with Crippen LogP contribution in [-0.4, -0.2) is 34.1 Å². The number of hydrogen-bond donors (Lipinski definition) is 1. The molecule has 1 aromatic carbocycles. The first-order chi connectivity index (χ1) is 8.31. The lowest BCUT2D eigenvalue weighted by Gasteiger charge is -2.04. The summed E-state index contributed by atoms with van der Waals surface area (Å²) in [6.07, 6.45) is 3.50. The van der Waals surface area contributed by atoms with Gasteiger partial charge in [0.25, 0.3) is 0 Å². The van der Waals surface area contributed by atoms with Gasteiger partial charge >= 0.3 is 5.97 Å². The summed E-state index contributed by atoms with van der Waals surface area (Å²) in [5.41, 5.74) is 1.32. The van der Waals surface area contributed by atoms with Crippen molar-refractivity contribution in [3.05, 3.63) is 48.3 Å². The normalized spacial score (nSPS) is 10.2. The van der Waals surface area contributed by atoms with Crippen molar-refractivity contribution in [2.24, 2.45) is 0 Å². The van der Waals surface area contributed by atoms with E-state index in [4.69, 9.17) is 9.84 Å². The van der Waals surface area contributed by atoms with Crippen molar-refractivity contribution >= 4 is 5.97 Å². The van der Waals surface area contributed by atoms with E-state index in [2.05, 4.69) is 5.10 Å². The molecule has 1 aromatic heterocycles. The highest BCUT2D eigenvalue weighted by Crippen LogP contribution is 2.09. The number of aromatic nitrogens is 2. The van der Waals surface area contributed by atoms with Crippen LogP contribution in [0.5, 0.6) is 0 Å². The Labute approximate surface area is 98.3 Å². The topological polar surface area (TPSA) is 64.3 Å². The molecule has 1 heterocycles. The van der Waals surface area contributed by atoms with E-state index in [0.29, 0.717) is 5.56 Å². The van der Waals surface area contributed by atoms with Crippen LogP contribution in [0.3, 0.4) is 0 Å². The maximum Gasteiger partial charge on any atom is 0.338 e. The van der Waals surface area contributed by atoms with Crippen LogP contribution in [0.4, 0.5) is 0 Å². The number of ether oxygens (including phenoxy) is 1. The number of benzene rings is 1. The summed E-state index contributed by atoms with van der Waals surface area (Å²) in [7, 11) is 0. The van der Waals surface area contributed by atoms with Gasteiger partial charge in [-0.15, -0.1) is 0 Å². The van der Waals surface area contributed by atoms with Gasteiger partial charge in [-0.05, 0) is 30.3 Å². The first-order valence-electron chi connectivity index (χ1n) is 5.19. The van der Waals surface area contributed by atoms with Gasteiger partial charge in [0.05, 0.1) is 17.9 Å². The second kappa shape index (κ2) is 5.27. The molecule has 2 rings (SSSR count). The molecule has 0 unspecified atom stereocenters. The molecule has 0 saturated carbocycles. The Morgan fingerprint density at radius 3 is 2.71 bits per heavy atom. The van der Waals surface area contributed by atoms with E-state index in [-0.39, 0.29) is 13.2 Å². The number of carbonyl (C=O) groups excluding carboxylic acids is 1. The molecule has 2 aromatic rings. The average Bonchev–Trinajstić information content (AvgIpc) is 2.90. The van der Waals surface area contributed by atoms with Gasteiger partial charge in [-0.1, -0.05) is 0 Å². The fourth-order valence-electron chi connectivity index (χ4n) is 1.39. The molecule has 1 N–H and O–H groups in total. The monoisotopic (exact) mass is 232 g/mol. The highest BCUT2D eigenvalue weighted by atomic mass is 16.5. The summed E-state index contributed by atoms with van der Waals surface area (Å²) in [5, 5.41) is 12.6. The standard InChI is InChI=1S/C12H12N2O3/c15-8-9-17-12(16)10-2-4-11(5-3-10)14-7-1-6-13-14/h1-7,15H,8-9H2. The van der Waals surface area contributed by atoms with Gasteiger partial charge in [0.15, 0.2) is 0 Å². The molecule has 0 atom stereocenters. The molecule has 0 radical (unpaired) electrons. The predicted molar refractivity (Wildman–Crippen MR) is 60.9 cm³/mol. The number of carbonyl (C=O) groups is 1. The molecule has 0 aliphatic carbocycles. The lowest BCUT2D eigenvalue weighted by molar-refractivity contribution is 0.0434. The lowest BCUT2D eigenvalue weighted by Crippen LogP contribution is -2.08. The van der Waals surface area contributed by atoms with E-state index < -0.39 is 5.97 Å². The van der Waals surface area contributed by atoms with Crippen molar-refractivity contribution in [1.82, 2.24) is 9.78 Å². The van der Waals surface area contributed by atoms with Gasteiger partial charge in [0, 0.05) is 12.4 Å². The largest absolute Gasteiger partial charge is 0.460 e. The van der Waals surface area contributed by atoms with E-state index in [1.54, 1.807) is 35.1 Å².